The van der Waals surface area contributed by atoms with Crippen LogP contribution in [0.3, 0.4) is 0 Å². The second kappa shape index (κ2) is 13.7. The number of nitrogens with zero attached hydrogens (tertiary/aromatic N) is 3. The number of rotatable bonds is 5. The topological polar surface area (TPSA) is 46.5 Å². The largest absolute Gasteiger partial charge is 0.354 e. The normalized spacial score (nSPS) is 13.6. The third kappa shape index (κ3) is 5.80. The standard InChI is InChI=1S/C51H38N4/c1-34-33-44-49(37-21-11-4-12-22-37)46-32-31-45(55(46)39-25-15-6-16-26-39)48(36-19-9-3-10-20-36)42-29-27-40(52-42)47(35-17-7-2-8-18-35)41-28-30-43(53-41)50(51(34)54-44)38-23-13-5-14-24-38/h2-32,34,53H,33H2,1H3. The maximum absolute atomic E-state index is 5.68. The Morgan fingerprint density at radius 2 is 0.891 bits per heavy atom. The van der Waals surface area contributed by atoms with Gasteiger partial charge in [-0.15, -0.1) is 0 Å². The molecule has 5 heterocycles. The summed E-state index contributed by atoms with van der Waals surface area (Å²) in [6.07, 6.45) is 5.16. The van der Waals surface area contributed by atoms with Crippen LogP contribution in [0.25, 0.3) is 84.4 Å². The van der Waals surface area contributed by atoms with Crippen molar-refractivity contribution in [3.63, 3.8) is 0 Å². The van der Waals surface area contributed by atoms with Gasteiger partial charge in [0, 0.05) is 44.9 Å². The second-order valence-corrected chi connectivity index (χ2v) is 14.3. The molecule has 2 aliphatic heterocycles. The number of hydrogen-bond acceptors (Lipinski definition) is 2. The van der Waals surface area contributed by atoms with Gasteiger partial charge in [0.15, 0.2) is 0 Å². The van der Waals surface area contributed by atoms with Crippen molar-refractivity contribution >= 4 is 34.2 Å². The first-order chi connectivity index (χ1) is 27.2. The summed E-state index contributed by atoms with van der Waals surface area (Å²) < 4.78 is 2.41. The summed E-state index contributed by atoms with van der Waals surface area (Å²) in [7, 11) is 0. The molecule has 10 rings (SSSR count). The summed E-state index contributed by atoms with van der Waals surface area (Å²) in [4.78, 5) is 15.1. The lowest BCUT2D eigenvalue weighted by Gasteiger charge is -2.14. The minimum atomic E-state index is 0.175. The van der Waals surface area contributed by atoms with Gasteiger partial charge in [0.05, 0.1) is 33.8 Å². The van der Waals surface area contributed by atoms with Gasteiger partial charge >= 0.3 is 0 Å². The van der Waals surface area contributed by atoms with Gasteiger partial charge in [0.1, 0.15) is 0 Å². The highest BCUT2D eigenvalue weighted by Crippen LogP contribution is 2.42. The van der Waals surface area contributed by atoms with Crippen LogP contribution in [0.4, 0.5) is 0 Å². The fourth-order valence-electron chi connectivity index (χ4n) is 8.35. The zero-order valence-corrected chi connectivity index (χ0v) is 30.5. The van der Waals surface area contributed by atoms with Crippen LogP contribution < -0.4 is 0 Å². The van der Waals surface area contributed by atoms with E-state index in [0.717, 1.165) is 101 Å². The predicted octanol–water partition coefficient (Wildman–Crippen LogP) is 13.0. The maximum Gasteiger partial charge on any atom is 0.0737 e. The maximum atomic E-state index is 5.68. The molecule has 8 bridgehead atoms. The van der Waals surface area contributed by atoms with Crippen molar-refractivity contribution in [2.45, 2.75) is 19.3 Å². The Morgan fingerprint density at radius 1 is 0.455 bits per heavy atom. The van der Waals surface area contributed by atoms with Crippen molar-refractivity contribution < 1.29 is 0 Å². The molecule has 0 spiro atoms. The molecule has 4 nitrogen and oxygen atoms in total. The molecule has 0 saturated carbocycles. The minimum absolute atomic E-state index is 0.175. The number of fused-ring (bicyclic) bond motifs is 8. The van der Waals surface area contributed by atoms with E-state index < -0.39 is 0 Å². The predicted molar refractivity (Wildman–Crippen MR) is 229 cm³/mol. The molecule has 0 saturated heterocycles. The number of H-pyrrole nitrogens is 1. The molecule has 1 atom stereocenters. The van der Waals surface area contributed by atoms with Crippen LogP contribution in [0.15, 0.2) is 176 Å². The SMILES string of the molecule is CC1Cc2nc1c(-c1ccccc1)c1ccc([nH]1)c(-c1ccccc1)c1nc(c(-c3ccccc3)c3ccc(c2-c2ccccc2)n3-c2ccccc2)C=C1. The number of para-hydroxylation sites is 1. The van der Waals surface area contributed by atoms with Gasteiger partial charge in [-0.05, 0) is 77.2 Å². The van der Waals surface area contributed by atoms with Crippen LogP contribution in [-0.2, 0) is 6.42 Å². The van der Waals surface area contributed by atoms with Gasteiger partial charge in [-0.2, -0.15) is 0 Å². The molecule has 0 radical (unpaired) electrons. The van der Waals surface area contributed by atoms with E-state index in [-0.39, 0.29) is 5.92 Å². The Morgan fingerprint density at radius 3 is 1.45 bits per heavy atom. The van der Waals surface area contributed by atoms with Gasteiger partial charge in [0.2, 0.25) is 0 Å². The number of benzene rings is 5. The number of hydrogen-bond donors (Lipinski definition) is 1. The Hall–Kier alpha value is -7.04. The highest BCUT2D eigenvalue weighted by molar-refractivity contribution is 5.98. The lowest BCUT2D eigenvalue weighted by molar-refractivity contribution is 0.799. The lowest BCUT2D eigenvalue weighted by atomic mass is 9.94. The van der Waals surface area contributed by atoms with Crippen LogP contribution >= 0.6 is 0 Å². The molecule has 5 aromatic carbocycles. The van der Waals surface area contributed by atoms with E-state index in [4.69, 9.17) is 9.97 Å². The summed E-state index contributed by atoms with van der Waals surface area (Å²) in [5.41, 5.74) is 18.1. The van der Waals surface area contributed by atoms with Gasteiger partial charge < -0.3 is 9.55 Å². The number of aromatic amines is 1. The summed E-state index contributed by atoms with van der Waals surface area (Å²) in [5.74, 6) is 0.175. The number of aromatic nitrogens is 4. The van der Waals surface area contributed by atoms with Crippen LogP contribution in [0.1, 0.15) is 35.6 Å². The van der Waals surface area contributed by atoms with Crippen molar-refractivity contribution in [1.29, 1.82) is 0 Å². The molecule has 3 aromatic heterocycles. The molecule has 55 heavy (non-hydrogen) atoms. The first kappa shape index (κ1) is 32.6. The second-order valence-electron chi connectivity index (χ2n) is 14.3. The zero-order chi connectivity index (χ0) is 36.7. The molecule has 1 unspecified atom stereocenters. The van der Waals surface area contributed by atoms with Gasteiger partial charge in [0.25, 0.3) is 0 Å². The van der Waals surface area contributed by atoms with E-state index in [9.17, 15) is 0 Å². The molecule has 0 fully saturated rings. The first-order valence-corrected chi connectivity index (χ1v) is 19.0. The fourth-order valence-corrected chi connectivity index (χ4v) is 8.35. The van der Waals surface area contributed by atoms with Crippen LogP contribution in [0.5, 0.6) is 0 Å². The number of nitrogens with one attached hydrogen (secondary N) is 1. The summed E-state index contributed by atoms with van der Waals surface area (Å²) >= 11 is 0. The van der Waals surface area contributed by atoms with Crippen molar-refractivity contribution in [1.82, 2.24) is 19.5 Å². The van der Waals surface area contributed by atoms with Gasteiger partial charge in [-0.25, -0.2) is 4.98 Å². The lowest BCUT2D eigenvalue weighted by Crippen LogP contribution is -1.99. The minimum Gasteiger partial charge on any atom is -0.354 e. The molecule has 1 N–H and O–H groups in total. The molecule has 8 aromatic rings. The average Bonchev–Trinajstić information content (AvgIpc) is 4.07. The van der Waals surface area contributed by atoms with E-state index in [0.29, 0.717) is 0 Å². The van der Waals surface area contributed by atoms with E-state index in [1.54, 1.807) is 0 Å². The van der Waals surface area contributed by atoms with Crippen LogP contribution in [0, 0.1) is 0 Å². The third-order valence-electron chi connectivity index (χ3n) is 10.8. The highest BCUT2D eigenvalue weighted by Gasteiger charge is 2.26. The molecule has 0 amide bonds. The molecular formula is C51H38N4. The van der Waals surface area contributed by atoms with Crippen molar-refractivity contribution in [2.75, 3.05) is 0 Å². The van der Waals surface area contributed by atoms with E-state index in [1.807, 2.05) is 0 Å². The Kier molecular flexibility index (Phi) is 8.15. The fraction of sp³-hybridized carbons (Fsp3) is 0.0588. The summed E-state index contributed by atoms with van der Waals surface area (Å²) in [5, 5.41) is 0. The van der Waals surface area contributed by atoms with Gasteiger partial charge in [-0.1, -0.05) is 146 Å². The first-order valence-electron chi connectivity index (χ1n) is 19.0. The third-order valence-corrected chi connectivity index (χ3v) is 10.8. The van der Waals surface area contributed by atoms with E-state index in [1.165, 1.54) is 0 Å². The highest BCUT2D eigenvalue weighted by atomic mass is 15.0. The van der Waals surface area contributed by atoms with E-state index in [2.05, 4.69) is 205 Å². The van der Waals surface area contributed by atoms with Crippen molar-refractivity contribution in [3.05, 3.63) is 199 Å². The quantitative estimate of drug-likeness (QED) is 0.194. The summed E-state index contributed by atoms with van der Waals surface area (Å²) in [6.45, 7) is 2.31. The molecule has 262 valence electrons. The Balaban J connectivity index is 1.47. The zero-order valence-electron chi connectivity index (χ0n) is 30.5. The van der Waals surface area contributed by atoms with E-state index >= 15 is 0 Å². The Labute approximate surface area is 320 Å². The monoisotopic (exact) mass is 706 g/mol. The molecular weight excluding hydrogens is 669 g/mol. The Bertz CT molecular complexity index is 2870. The van der Waals surface area contributed by atoms with Crippen LogP contribution in [0.2, 0.25) is 0 Å². The van der Waals surface area contributed by atoms with Crippen LogP contribution in [-0.4, -0.2) is 19.5 Å². The van der Waals surface area contributed by atoms with Crippen molar-refractivity contribution in [3.8, 4) is 50.2 Å². The smallest absolute Gasteiger partial charge is 0.0737 e. The molecule has 2 aliphatic rings. The van der Waals surface area contributed by atoms with Gasteiger partial charge in [-0.3, -0.25) is 4.98 Å². The van der Waals surface area contributed by atoms with Crippen molar-refractivity contribution in [2.24, 2.45) is 0 Å². The molecule has 0 aliphatic carbocycles. The average molecular weight is 707 g/mol. The molecule has 4 heteroatoms. The summed E-state index contributed by atoms with van der Waals surface area (Å²) in [6, 6.07) is 62.4.